The highest BCUT2D eigenvalue weighted by Crippen LogP contribution is 2.38. The minimum atomic E-state index is 0.0538. The number of rotatable bonds is 2. The highest BCUT2D eigenvalue weighted by atomic mass is 16.1. The van der Waals surface area contributed by atoms with Crippen LogP contribution in [0.25, 0.3) is 11.0 Å². The molecule has 1 aromatic carbocycles. The van der Waals surface area contributed by atoms with Crippen LogP contribution < -0.4 is 0 Å². The lowest BCUT2D eigenvalue weighted by molar-refractivity contribution is 0.1000. The van der Waals surface area contributed by atoms with Crippen LogP contribution in [-0.2, 0) is 0 Å². The molecule has 0 unspecified atom stereocenters. The molecule has 3 heteroatoms. The summed E-state index contributed by atoms with van der Waals surface area (Å²) in [6, 6.07) is 8.44. The van der Waals surface area contributed by atoms with Crippen LogP contribution in [0.2, 0.25) is 0 Å². The van der Waals surface area contributed by atoms with Gasteiger partial charge in [0.15, 0.2) is 11.6 Å². The average Bonchev–Trinajstić information content (AvgIpc) is 2.98. The van der Waals surface area contributed by atoms with Gasteiger partial charge in [-0.3, -0.25) is 4.79 Å². The number of benzene rings is 1. The maximum atomic E-state index is 11.5. The van der Waals surface area contributed by atoms with Gasteiger partial charge in [-0.15, -0.1) is 0 Å². The predicted molar refractivity (Wildman–Crippen MR) is 58.0 cm³/mol. The van der Waals surface area contributed by atoms with Crippen molar-refractivity contribution >= 4 is 16.8 Å². The van der Waals surface area contributed by atoms with E-state index in [9.17, 15) is 4.79 Å². The van der Waals surface area contributed by atoms with Crippen LogP contribution >= 0.6 is 0 Å². The SMILES string of the molecule is CC(=O)c1nc2ccccc2n1C1CC1. The first-order valence-electron chi connectivity index (χ1n) is 5.25. The van der Waals surface area contributed by atoms with Crippen molar-refractivity contribution < 1.29 is 4.79 Å². The molecule has 3 rings (SSSR count). The number of carbonyl (C=O) groups excluding carboxylic acids is 1. The lowest BCUT2D eigenvalue weighted by Gasteiger charge is -2.03. The minimum absolute atomic E-state index is 0.0538. The average molecular weight is 200 g/mol. The fraction of sp³-hybridized carbons (Fsp3) is 0.333. The molecule has 0 radical (unpaired) electrons. The van der Waals surface area contributed by atoms with Crippen LogP contribution in [0, 0.1) is 0 Å². The third kappa shape index (κ3) is 1.27. The second kappa shape index (κ2) is 2.92. The van der Waals surface area contributed by atoms with E-state index in [2.05, 4.69) is 9.55 Å². The number of Topliss-reactive ketones (excluding diaryl/α,β-unsaturated/α-hetero) is 1. The van der Waals surface area contributed by atoms with E-state index in [4.69, 9.17) is 0 Å². The molecule has 1 heterocycles. The number of hydrogen-bond donors (Lipinski definition) is 0. The summed E-state index contributed by atoms with van der Waals surface area (Å²) in [5.41, 5.74) is 2.01. The molecule has 0 spiro atoms. The number of hydrogen-bond acceptors (Lipinski definition) is 2. The number of aromatic nitrogens is 2. The smallest absolute Gasteiger partial charge is 0.195 e. The molecule has 0 amide bonds. The number of nitrogens with zero attached hydrogens (tertiary/aromatic N) is 2. The zero-order valence-corrected chi connectivity index (χ0v) is 8.60. The standard InChI is InChI=1S/C12H12N2O/c1-8(15)12-13-10-4-2-3-5-11(10)14(12)9-6-7-9/h2-5,9H,6-7H2,1H3. The Kier molecular flexibility index (Phi) is 1.69. The van der Waals surface area contributed by atoms with Crippen LogP contribution in [0.3, 0.4) is 0 Å². The molecule has 0 atom stereocenters. The molecule has 0 aliphatic heterocycles. The largest absolute Gasteiger partial charge is 0.318 e. The highest BCUT2D eigenvalue weighted by Gasteiger charge is 2.29. The van der Waals surface area contributed by atoms with Crippen LogP contribution in [0.5, 0.6) is 0 Å². The normalized spacial score (nSPS) is 15.8. The molecule has 1 saturated carbocycles. The first-order valence-corrected chi connectivity index (χ1v) is 5.25. The Morgan fingerprint density at radius 3 is 2.80 bits per heavy atom. The number of para-hydroxylation sites is 2. The van der Waals surface area contributed by atoms with Crippen LogP contribution in [0.1, 0.15) is 36.4 Å². The van der Waals surface area contributed by atoms with E-state index in [1.807, 2.05) is 24.3 Å². The summed E-state index contributed by atoms with van der Waals surface area (Å²) in [7, 11) is 0. The van der Waals surface area contributed by atoms with Crippen molar-refractivity contribution in [3.8, 4) is 0 Å². The van der Waals surface area contributed by atoms with E-state index < -0.39 is 0 Å². The third-order valence-corrected chi connectivity index (χ3v) is 2.82. The van der Waals surface area contributed by atoms with E-state index in [-0.39, 0.29) is 5.78 Å². The van der Waals surface area contributed by atoms with Gasteiger partial charge >= 0.3 is 0 Å². The Balaban J connectivity index is 2.33. The quantitative estimate of drug-likeness (QED) is 0.698. The molecule has 0 bridgehead atoms. The second-order valence-corrected chi connectivity index (χ2v) is 4.08. The highest BCUT2D eigenvalue weighted by molar-refractivity contribution is 5.94. The fourth-order valence-electron chi connectivity index (χ4n) is 2.00. The molecule has 1 aliphatic rings. The van der Waals surface area contributed by atoms with Gasteiger partial charge < -0.3 is 4.57 Å². The summed E-state index contributed by atoms with van der Waals surface area (Å²) in [5.74, 6) is 0.664. The second-order valence-electron chi connectivity index (χ2n) is 4.08. The summed E-state index contributed by atoms with van der Waals surface area (Å²) < 4.78 is 2.09. The van der Waals surface area contributed by atoms with Crippen molar-refractivity contribution in [3.05, 3.63) is 30.1 Å². The molecule has 1 aromatic heterocycles. The van der Waals surface area contributed by atoms with Crippen molar-refractivity contribution in [3.63, 3.8) is 0 Å². The van der Waals surface area contributed by atoms with Crippen LogP contribution in [0.4, 0.5) is 0 Å². The maximum Gasteiger partial charge on any atom is 0.195 e. The number of imidazole rings is 1. The van der Waals surface area contributed by atoms with Crippen molar-refractivity contribution in [1.82, 2.24) is 9.55 Å². The topological polar surface area (TPSA) is 34.9 Å². The van der Waals surface area contributed by atoms with Crippen molar-refractivity contribution in [2.45, 2.75) is 25.8 Å². The van der Waals surface area contributed by atoms with Gasteiger partial charge in [0.05, 0.1) is 11.0 Å². The third-order valence-electron chi connectivity index (χ3n) is 2.82. The molecular formula is C12H12N2O. The van der Waals surface area contributed by atoms with Gasteiger partial charge in [-0.2, -0.15) is 0 Å². The van der Waals surface area contributed by atoms with Crippen LogP contribution in [0.15, 0.2) is 24.3 Å². The van der Waals surface area contributed by atoms with E-state index in [0.717, 1.165) is 11.0 Å². The molecule has 0 N–H and O–H groups in total. The summed E-state index contributed by atoms with van der Waals surface area (Å²) in [6.07, 6.45) is 2.33. The zero-order chi connectivity index (χ0) is 10.4. The van der Waals surface area contributed by atoms with E-state index in [0.29, 0.717) is 11.9 Å². The fourth-order valence-corrected chi connectivity index (χ4v) is 2.00. The summed E-state index contributed by atoms with van der Waals surface area (Å²) in [5, 5.41) is 0. The Bertz CT molecular complexity index is 538. The lowest BCUT2D eigenvalue weighted by atomic mass is 10.3. The molecule has 15 heavy (non-hydrogen) atoms. The summed E-state index contributed by atoms with van der Waals surface area (Å²) in [6.45, 7) is 1.58. The van der Waals surface area contributed by atoms with Gasteiger partial charge in [0, 0.05) is 13.0 Å². The predicted octanol–water partition coefficient (Wildman–Crippen LogP) is 2.57. The number of ketones is 1. The van der Waals surface area contributed by atoms with Crippen molar-refractivity contribution in [1.29, 1.82) is 0 Å². The molecule has 0 saturated heterocycles. The van der Waals surface area contributed by atoms with Gasteiger partial charge in [-0.1, -0.05) is 12.1 Å². The van der Waals surface area contributed by atoms with Crippen LogP contribution in [-0.4, -0.2) is 15.3 Å². The Labute approximate surface area is 87.7 Å². The van der Waals surface area contributed by atoms with E-state index in [1.165, 1.54) is 12.8 Å². The molecule has 3 nitrogen and oxygen atoms in total. The Hall–Kier alpha value is -1.64. The Morgan fingerprint density at radius 2 is 2.13 bits per heavy atom. The number of carbonyl (C=O) groups is 1. The number of fused-ring (bicyclic) bond motifs is 1. The van der Waals surface area contributed by atoms with E-state index in [1.54, 1.807) is 6.92 Å². The van der Waals surface area contributed by atoms with Crippen molar-refractivity contribution in [2.75, 3.05) is 0 Å². The summed E-state index contributed by atoms with van der Waals surface area (Å²) >= 11 is 0. The molecule has 76 valence electrons. The molecule has 1 fully saturated rings. The summed E-state index contributed by atoms with van der Waals surface area (Å²) in [4.78, 5) is 15.9. The van der Waals surface area contributed by atoms with E-state index >= 15 is 0 Å². The molecule has 2 aromatic rings. The first kappa shape index (κ1) is 8.65. The minimum Gasteiger partial charge on any atom is -0.318 e. The van der Waals surface area contributed by atoms with Crippen molar-refractivity contribution in [2.24, 2.45) is 0 Å². The monoisotopic (exact) mass is 200 g/mol. The lowest BCUT2D eigenvalue weighted by Crippen LogP contribution is -2.05. The van der Waals surface area contributed by atoms with Gasteiger partial charge in [0.25, 0.3) is 0 Å². The van der Waals surface area contributed by atoms with Gasteiger partial charge in [-0.25, -0.2) is 4.98 Å². The first-order chi connectivity index (χ1) is 7.27. The molecule has 1 aliphatic carbocycles. The zero-order valence-electron chi connectivity index (χ0n) is 8.60. The molecular weight excluding hydrogens is 188 g/mol. The Morgan fingerprint density at radius 1 is 1.40 bits per heavy atom. The van der Waals surface area contributed by atoms with Gasteiger partial charge in [0.1, 0.15) is 0 Å². The van der Waals surface area contributed by atoms with Gasteiger partial charge in [0.2, 0.25) is 0 Å². The maximum absolute atomic E-state index is 11.5. The van der Waals surface area contributed by atoms with Gasteiger partial charge in [-0.05, 0) is 25.0 Å².